The van der Waals surface area contributed by atoms with Crippen LogP contribution in [-0.2, 0) is 16.0 Å². The number of ketones is 1. The van der Waals surface area contributed by atoms with E-state index in [9.17, 15) is 14.7 Å². The number of fused-ring (bicyclic) bond motifs is 1. The summed E-state index contributed by atoms with van der Waals surface area (Å²) < 4.78 is 5.14. The Hall–Kier alpha value is -3.34. The summed E-state index contributed by atoms with van der Waals surface area (Å²) in [6.45, 7) is 0. The van der Waals surface area contributed by atoms with Crippen molar-refractivity contribution in [1.82, 2.24) is 0 Å². The minimum atomic E-state index is -0.621. The summed E-state index contributed by atoms with van der Waals surface area (Å²) in [5.74, 6) is -0.427. The molecular weight excluding hydrogens is 330 g/mol. The number of amides is 1. The van der Waals surface area contributed by atoms with Gasteiger partial charge in [-0.2, -0.15) is 0 Å². The van der Waals surface area contributed by atoms with Gasteiger partial charge in [-0.15, -0.1) is 0 Å². The third kappa shape index (κ3) is 2.49. The van der Waals surface area contributed by atoms with Crippen molar-refractivity contribution in [3.63, 3.8) is 0 Å². The van der Waals surface area contributed by atoms with Gasteiger partial charge in [-0.05, 0) is 42.7 Å². The maximum Gasteiger partial charge on any atom is 0.303 e. The van der Waals surface area contributed by atoms with Crippen LogP contribution in [-0.4, -0.2) is 23.9 Å². The van der Waals surface area contributed by atoms with Crippen molar-refractivity contribution in [2.45, 2.75) is 12.8 Å². The summed E-state index contributed by atoms with van der Waals surface area (Å²) in [6.07, 6.45) is 2.61. The first kappa shape index (κ1) is 16.1. The van der Waals surface area contributed by atoms with Gasteiger partial charge in [0.15, 0.2) is 0 Å². The second kappa shape index (κ2) is 6.19. The first-order chi connectivity index (χ1) is 12.6. The zero-order valence-electron chi connectivity index (χ0n) is 14.2. The highest BCUT2D eigenvalue weighted by molar-refractivity contribution is 6.49. The van der Waals surface area contributed by atoms with Crippen LogP contribution in [0.25, 0.3) is 5.76 Å². The number of hydrogen-bond donors (Lipinski definition) is 1. The molecule has 0 saturated carbocycles. The molecule has 2 aromatic rings. The number of aliphatic hydroxyl groups excluding tert-OH is 1. The number of hydrogen-bond acceptors (Lipinski definition) is 4. The van der Waals surface area contributed by atoms with E-state index in [0.29, 0.717) is 29.1 Å². The first-order valence-corrected chi connectivity index (χ1v) is 8.35. The number of methoxy groups -OCH3 is 1. The maximum absolute atomic E-state index is 12.5. The minimum Gasteiger partial charge on any atom is -0.507 e. The molecule has 5 nitrogen and oxygen atoms in total. The van der Waals surface area contributed by atoms with E-state index in [2.05, 4.69) is 0 Å². The number of allylic oxidation sites excluding steroid dienone is 1. The summed E-state index contributed by atoms with van der Waals surface area (Å²) in [4.78, 5) is 25.9. The van der Waals surface area contributed by atoms with E-state index >= 15 is 0 Å². The van der Waals surface area contributed by atoms with Crippen molar-refractivity contribution in [3.05, 3.63) is 77.0 Å². The number of aryl methyl sites for hydroxylation is 1. The SMILES string of the molecule is COc1ccc(N2C(=O)C(=O)C=C2C2=C(O)c3ccccc3CC2)cc1. The predicted octanol–water partition coefficient (Wildman–Crippen LogP) is 3.41. The molecule has 0 aromatic heterocycles. The molecule has 5 heteroatoms. The molecule has 1 amide bonds. The van der Waals surface area contributed by atoms with Crippen LogP contribution in [0.1, 0.15) is 17.5 Å². The summed E-state index contributed by atoms with van der Waals surface area (Å²) in [5.41, 5.74) is 3.42. The minimum absolute atomic E-state index is 0.124. The van der Waals surface area contributed by atoms with Crippen molar-refractivity contribution >= 4 is 23.1 Å². The molecule has 0 fully saturated rings. The van der Waals surface area contributed by atoms with Crippen LogP contribution in [0.15, 0.2) is 65.9 Å². The van der Waals surface area contributed by atoms with Crippen LogP contribution in [0.5, 0.6) is 5.75 Å². The molecule has 0 saturated heterocycles. The summed E-state index contributed by atoms with van der Waals surface area (Å²) in [6, 6.07) is 14.5. The van der Waals surface area contributed by atoms with E-state index in [0.717, 1.165) is 17.5 Å². The van der Waals surface area contributed by atoms with Gasteiger partial charge >= 0.3 is 5.91 Å². The Bertz CT molecular complexity index is 970. The van der Waals surface area contributed by atoms with Gasteiger partial charge in [0.1, 0.15) is 11.5 Å². The lowest BCUT2D eigenvalue weighted by molar-refractivity contribution is -0.132. The molecule has 2 aliphatic rings. The van der Waals surface area contributed by atoms with Crippen molar-refractivity contribution in [1.29, 1.82) is 0 Å². The highest BCUT2D eigenvalue weighted by atomic mass is 16.5. The van der Waals surface area contributed by atoms with Gasteiger partial charge in [0.05, 0.1) is 12.8 Å². The lowest BCUT2D eigenvalue weighted by Crippen LogP contribution is -2.30. The number of benzene rings is 2. The van der Waals surface area contributed by atoms with E-state index in [-0.39, 0.29) is 5.76 Å². The van der Waals surface area contributed by atoms with E-state index in [4.69, 9.17) is 4.74 Å². The van der Waals surface area contributed by atoms with Gasteiger partial charge in [0.25, 0.3) is 0 Å². The highest BCUT2D eigenvalue weighted by Crippen LogP contribution is 2.38. The van der Waals surface area contributed by atoms with Gasteiger partial charge in [-0.3, -0.25) is 14.5 Å². The number of ether oxygens (including phenoxy) is 1. The number of anilines is 1. The van der Waals surface area contributed by atoms with Crippen molar-refractivity contribution in [2.75, 3.05) is 12.0 Å². The van der Waals surface area contributed by atoms with Crippen LogP contribution < -0.4 is 9.64 Å². The topological polar surface area (TPSA) is 66.8 Å². The molecule has 0 unspecified atom stereocenters. The van der Waals surface area contributed by atoms with Crippen LogP contribution in [0, 0.1) is 0 Å². The predicted molar refractivity (Wildman–Crippen MR) is 97.9 cm³/mol. The van der Waals surface area contributed by atoms with Crippen LogP contribution in [0.2, 0.25) is 0 Å². The number of rotatable bonds is 3. The number of aliphatic hydroxyl groups is 1. The van der Waals surface area contributed by atoms with Crippen molar-refractivity contribution < 1.29 is 19.4 Å². The summed E-state index contributed by atoms with van der Waals surface area (Å²) in [5, 5.41) is 10.8. The Morgan fingerprint density at radius 3 is 2.46 bits per heavy atom. The van der Waals surface area contributed by atoms with Crippen LogP contribution in [0.4, 0.5) is 5.69 Å². The first-order valence-electron chi connectivity index (χ1n) is 8.35. The second-order valence-corrected chi connectivity index (χ2v) is 6.22. The fourth-order valence-electron chi connectivity index (χ4n) is 3.44. The van der Waals surface area contributed by atoms with E-state index in [1.54, 1.807) is 31.4 Å². The second-order valence-electron chi connectivity index (χ2n) is 6.22. The number of carbonyl (C=O) groups is 2. The molecule has 4 rings (SSSR count). The van der Waals surface area contributed by atoms with Gasteiger partial charge in [0, 0.05) is 22.9 Å². The lowest BCUT2D eigenvalue weighted by atomic mass is 9.89. The van der Waals surface area contributed by atoms with Crippen LogP contribution in [0.3, 0.4) is 0 Å². The van der Waals surface area contributed by atoms with Gasteiger partial charge in [-0.25, -0.2) is 0 Å². The van der Waals surface area contributed by atoms with E-state index in [1.807, 2.05) is 24.3 Å². The third-order valence-electron chi connectivity index (χ3n) is 4.77. The summed E-state index contributed by atoms with van der Waals surface area (Å²) >= 11 is 0. The Morgan fingerprint density at radius 2 is 1.73 bits per heavy atom. The molecule has 1 N–H and O–H groups in total. The molecule has 0 spiro atoms. The van der Waals surface area contributed by atoms with Crippen molar-refractivity contribution in [2.24, 2.45) is 0 Å². The van der Waals surface area contributed by atoms with Crippen LogP contribution >= 0.6 is 0 Å². The Kier molecular flexibility index (Phi) is 3.84. The van der Waals surface area contributed by atoms with Gasteiger partial charge < -0.3 is 9.84 Å². The fourth-order valence-corrected chi connectivity index (χ4v) is 3.44. The summed E-state index contributed by atoms with van der Waals surface area (Å²) in [7, 11) is 1.56. The van der Waals surface area contributed by atoms with Gasteiger partial charge in [0.2, 0.25) is 5.78 Å². The average molecular weight is 347 g/mol. The molecule has 1 aliphatic carbocycles. The molecule has 26 heavy (non-hydrogen) atoms. The quantitative estimate of drug-likeness (QED) is 0.864. The van der Waals surface area contributed by atoms with Crippen molar-refractivity contribution in [3.8, 4) is 5.75 Å². The number of nitrogens with zero attached hydrogens (tertiary/aromatic N) is 1. The standard InChI is InChI=1S/C21H17NO4/c1-26-15-9-7-14(8-10-15)22-18(12-19(23)21(22)25)17-11-6-13-4-2-3-5-16(13)20(17)24/h2-5,7-10,12,24H,6,11H2,1H3. The normalized spacial score (nSPS) is 16.7. The molecule has 0 radical (unpaired) electrons. The monoisotopic (exact) mass is 347 g/mol. The third-order valence-corrected chi connectivity index (χ3v) is 4.77. The smallest absolute Gasteiger partial charge is 0.303 e. The number of carbonyl (C=O) groups excluding carboxylic acids is 2. The molecule has 130 valence electrons. The maximum atomic E-state index is 12.5. The van der Waals surface area contributed by atoms with E-state index in [1.165, 1.54) is 11.0 Å². The molecule has 0 bridgehead atoms. The molecule has 2 aromatic carbocycles. The van der Waals surface area contributed by atoms with E-state index < -0.39 is 11.7 Å². The Labute approximate surface area is 150 Å². The zero-order valence-corrected chi connectivity index (χ0v) is 14.2. The van der Waals surface area contributed by atoms with Gasteiger partial charge in [-0.1, -0.05) is 24.3 Å². The largest absolute Gasteiger partial charge is 0.507 e. The molecule has 1 heterocycles. The molecule has 0 atom stereocenters. The lowest BCUT2D eigenvalue weighted by Gasteiger charge is -2.26. The highest BCUT2D eigenvalue weighted by Gasteiger charge is 2.36. The average Bonchev–Trinajstić information content (AvgIpc) is 2.97. The zero-order chi connectivity index (χ0) is 18.3. The Balaban J connectivity index is 1.80. The fraction of sp³-hybridized carbons (Fsp3) is 0.143. The molecule has 1 aliphatic heterocycles. The Morgan fingerprint density at radius 1 is 1.00 bits per heavy atom. The molecular formula is C21H17NO4.